The van der Waals surface area contributed by atoms with Crippen LogP contribution in [-0.4, -0.2) is 62.0 Å². The van der Waals surface area contributed by atoms with E-state index >= 15 is 0 Å². The Bertz CT molecular complexity index is 771. The van der Waals surface area contributed by atoms with Gasteiger partial charge in [-0.1, -0.05) is 12.1 Å². The van der Waals surface area contributed by atoms with E-state index in [1.54, 1.807) is 7.11 Å². The van der Waals surface area contributed by atoms with Crippen molar-refractivity contribution in [2.45, 2.75) is 44.2 Å². The highest BCUT2D eigenvalue weighted by Gasteiger charge is 2.46. The molecule has 3 atom stereocenters. The molecule has 7 heteroatoms. The van der Waals surface area contributed by atoms with Gasteiger partial charge in [0.1, 0.15) is 5.75 Å². The van der Waals surface area contributed by atoms with Crippen LogP contribution in [0.25, 0.3) is 0 Å². The maximum atomic E-state index is 13.0. The SMILES string of the molecule is COc1cccc2c1[C@@H]1C[C@H]3[C@H](CCCN3S(=O)(=O)CCCCl)CN1CC2. The van der Waals surface area contributed by atoms with Gasteiger partial charge in [0, 0.05) is 43.2 Å². The third-order valence-corrected chi connectivity index (χ3v) is 8.75. The summed E-state index contributed by atoms with van der Waals surface area (Å²) >= 11 is 5.76. The summed E-state index contributed by atoms with van der Waals surface area (Å²) in [6.45, 7) is 2.68. The fourth-order valence-corrected chi connectivity index (χ4v) is 7.42. The Balaban J connectivity index is 1.65. The zero-order chi connectivity index (χ0) is 19.0. The second-order valence-electron chi connectivity index (χ2n) is 7.97. The molecule has 5 nitrogen and oxygen atoms in total. The van der Waals surface area contributed by atoms with E-state index in [4.69, 9.17) is 16.3 Å². The van der Waals surface area contributed by atoms with Crippen LogP contribution in [-0.2, 0) is 16.4 Å². The number of benzene rings is 1. The predicted octanol–water partition coefficient (Wildman–Crippen LogP) is 3.04. The number of methoxy groups -OCH3 is 1. The summed E-state index contributed by atoms with van der Waals surface area (Å²) in [5.74, 6) is 1.92. The van der Waals surface area contributed by atoms with Crippen LogP contribution in [0.5, 0.6) is 5.75 Å². The molecule has 0 unspecified atom stereocenters. The molecule has 0 aromatic heterocycles. The lowest BCUT2D eigenvalue weighted by Crippen LogP contribution is -2.57. The van der Waals surface area contributed by atoms with Crippen molar-refractivity contribution in [3.05, 3.63) is 29.3 Å². The van der Waals surface area contributed by atoms with Crippen molar-refractivity contribution in [3.63, 3.8) is 0 Å². The van der Waals surface area contributed by atoms with Crippen LogP contribution >= 0.6 is 11.6 Å². The maximum Gasteiger partial charge on any atom is 0.214 e. The summed E-state index contributed by atoms with van der Waals surface area (Å²) in [6.07, 6.45) is 4.49. The number of piperidine rings is 2. The van der Waals surface area contributed by atoms with Crippen LogP contribution < -0.4 is 4.74 Å². The number of hydrogen-bond acceptors (Lipinski definition) is 4. The Morgan fingerprint density at radius 1 is 1.30 bits per heavy atom. The average molecular weight is 413 g/mol. The maximum absolute atomic E-state index is 13.0. The van der Waals surface area contributed by atoms with E-state index in [1.165, 1.54) is 11.1 Å². The number of halogens is 1. The summed E-state index contributed by atoms with van der Waals surface area (Å²) in [4.78, 5) is 2.56. The lowest BCUT2D eigenvalue weighted by atomic mass is 9.77. The van der Waals surface area contributed by atoms with Crippen molar-refractivity contribution < 1.29 is 13.2 Å². The van der Waals surface area contributed by atoms with E-state index in [-0.39, 0.29) is 17.8 Å². The van der Waals surface area contributed by atoms with E-state index in [2.05, 4.69) is 17.0 Å². The molecular formula is C20H29ClN2O3S. The lowest BCUT2D eigenvalue weighted by molar-refractivity contribution is 0.0210. The number of fused-ring (bicyclic) bond motifs is 4. The molecule has 0 spiro atoms. The molecule has 3 aliphatic heterocycles. The molecule has 0 saturated carbocycles. The average Bonchev–Trinajstić information content (AvgIpc) is 2.69. The molecule has 150 valence electrons. The fourth-order valence-electron chi connectivity index (χ4n) is 5.31. The van der Waals surface area contributed by atoms with Crippen LogP contribution in [0.3, 0.4) is 0 Å². The van der Waals surface area contributed by atoms with Crippen molar-refractivity contribution >= 4 is 21.6 Å². The number of rotatable bonds is 5. The minimum Gasteiger partial charge on any atom is -0.496 e. The van der Waals surface area contributed by atoms with Crippen LogP contribution in [0, 0.1) is 5.92 Å². The Hall–Kier alpha value is -0.820. The number of sulfonamides is 1. The molecule has 0 radical (unpaired) electrons. The van der Waals surface area contributed by atoms with E-state index in [0.717, 1.165) is 44.5 Å². The van der Waals surface area contributed by atoms with E-state index in [1.807, 2.05) is 10.4 Å². The largest absolute Gasteiger partial charge is 0.496 e. The molecule has 0 N–H and O–H groups in total. The van der Waals surface area contributed by atoms with Gasteiger partial charge in [-0.15, -0.1) is 11.6 Å². The van der Waals surface area contributed by atoms with Crippen molar-refractivity contribution in [1.29, 1.82) is 0 Å². The minimum atomic E-state index is -3.25. The third-order valence-electron chi connectivity index (χ3n) is 6.51. The molecule has 0 bridgehead atoms. The number of hydrogen-bond donors (Lipinski definition) is 0. The number of alkyl halides is 1. The molecular weight excluding hydrogens is 384 g/mol. The number of nitrogens with zero attached hydrogens (tertiary/aromatic N) is 2. The Morgan fingerprint density at radius 3 is 2.93 bits per heavy atom. The van der Waals surface area contributed by atoms with Gasteiger partial charge in [0.05, 0.1) is 12.9 Å². The molecule has 1 aromatic rings. The highest BCUT2D eigenvalue weighted by atomic mass is 35.5. The summed E-state index contributed by atoms with van der Waals surface area (Å²) in [5, 5.41) is 0. The Morgan fingerprint density at radius 2 is 2.15 bits per heavy atom. The summed E-state index contributed by atoms with van der Waals surface area (Å²) in [6, 6.07) is 6.62. The quantitative estimate of drug-likeness (QED) is 0.697. The molecule has 4 rings (SSSR count). The smallest absolute Gasteiger partial charge is 0.214 e. The highest BCUT2D eigenvalue weighted by Crippen LogP contribution is 2.46. The second-order valence-corrected chi connectivity index (χ2v) is 10.4. The van der Waals surface area contributed by atoms with Gasteiger partial charge >= 0.3 is 0 Å². The van der Waals surface area contributed by atoms with Gasteiger partial charge in [-0.3, -0.25) is 4.90 Å². The minimum absolute atomic E-state index is 0.0937. The third kappa shape index (κ3) is 3.61. The highest BCUT2D eigenvalue weighted by molar-refractivity contribution is 7.89. The topological polar surface area (TPSA) is 49.9 Å². The van der Waals surface area contributed by atoms with Gasteiger partial charge in [0.25, 0.3) is 0 Å². The molecule has 0 amide bonds. The first-order valence-electron chi connectivity index (χ1n) is 10.0. The molecule has 3 heterocycles. The van der Waals surface area contributed by atoms with E-state index in [9.17, 15) is 8.42 Å². The van der Waals surface area contributed by atoms with Gasteiger partial charge in [-0.2, -0.15) is 4.31 Å². The molecule has 3 aliphatic rings. The molecule has 27 heavy (non-hydrogen) atoms. The summed E-state index contributed by atoms with van der Waals surface area (Å²) in [5.41, 5.74) is 2.62. The van der Waals surface area contributed by atoms with Gasteiger partial charge in [0.15, 0.2) is 0 Å². The van der Waals surface area contributed by atoms with Crippen molar-refractivity contribution in [3.8, 4) is 5.75 Å². The first kappa shape index (κ1) is 19.5. The molecule has 2 fully saturated rings. The van der Waals surface area contributed by atoms with Gasteiger partial charge in [0.2, 0.25) is 10.0 Å². The normalized spacial score (nSPS) is 28.9. The van der Waals surface area contributed by atoms with Crippen LogP contribution in [0.2, 0.25) is 0 Å². The molecule has 1 aromatic carbocycles. The predicted molar refractivity (Wildman–Crippen MR) is 108 cm³/mol. The van der Waals surface area contributed by atoms with E-state index in [0.29, 0.717) is 24.8 Å². The van der Waals surface area contributed by atoms with Crippen LogP contribution in [0.15, 0.2) is 18.2 Å². The second kappa shape index (κ2) is 7.90. The first-order valence-corrected chi connectivity index (χ1v) is 12.1. The Kier molecular flexibility index (Phi) is 5.70. The molecule has 0 aliphatic carbocycles. The number of ether oxygens (including phenoxy) is 1. The van der Waals surface area contributed by atoms with Crippen molar-refractivity contribution in [1.82, 2.24) is 9.21 Å². The Labute approximate surface area is 167 Å². The lowest BCUT2D eigenvalue weighted by Gasteiger charge is -2.52. The van der Waals surface area contributed by atoms with Crippen LogP contribution in [0.4, 0.5) is 0 Å². The molecule has 2 saturated heterocycles. The van der Waals surface area contributed by atoms with Crippen LogP contribution in [0.1, 0.15) is 42.9 Å². The monoisotopic (exact) mass is 412 g/mol. The standard InChI is InChI=1S/C20H29ClN2O3S/c1-26-19-7-2-5-15-8-11-22-14-16-6-3-10-23(27(24,25)12-4-9-21)17(16)13-18(22)20(15)19/h2,5,7,16-18H,3-4,6,8-14H2,1H3/t16-,17+,18+/m1/s1. The summed E-state index contributed by atoms with van der Waals surface area (Å²) < 4.78 is 33.4. The van der Waals surface area contributed by atoms with Crippen molar-refractivity contribution in [2.75, 3.05) is 38.4 Å². The first-order chi connectivity index (χ1) is 13.0. The van der Waals surface area contributed by atoms with Gasteiger partial charge in [-0.05, 0) is 49.7 Å². The van der Waals surface area contributed by atoms with Gasteiger partial charge in [-0.25, -0.2) is 8.42 Å². The summed E-state index contributed by atoms with van der Waals surface area (Å²) in [7, 11) is -1.52. The van der Waals surface area contributed by atoms with E-state index < -0.39 is 10.0 Å². The van der Waals surface area contributed by atoms with Crippen molar-refractivity contribution in [2.24, 2.45) is 5.92 Å². The fraction of sp³-hybridized carbons (Fsp3) is 0.700. The zero-order valence-corrected chi connectivity index (χ0v) is 17.5. The van der Waals surface area contributed by atoms with Gasteiger partial charge < -0.3 is 4.74 Å². The zero-order valence-electron chi connectivity index (χ0n) is 15.9.